The second kappa shape index (κ2) is 8.77. The van der Waals surface area contributed by atoms with Gasteiger partial charge in [-0.3, -0.25) is 0 Å². The largest absolute Gasteiger partial charge is 0.392 e. The van der Waals surface area contributed by atoms with E-state index in [4.69, 9.17) is 4.74 Å². The summed E-state index contributed by atoms with van der Waals surface area (Å²) in [5.74, 6) is -0.544. The second-order valence-electron chi connectivity index (χ2n) is 7.33. The Morgan fingerprint density at radius 3 is 2.00 bits per heavy atom. The van der Waals surface area contributed by atoms with Gasteiger partial charge in [-0.2, -0.15) is 0 Å². The molecule has 1 saturated heterocycles. The van der Waals surface area contributed by atoms with Gasteiger partial charge in [-0.15, -0.1) is 0 Å². The molecule has 2 aromatic carbocycles. The van der Waals surface area contributed by atoms with Crippen LogP contribution in [0.5, 0.6) is 0 Å². The first-order valence-corrected chi connectivity index (χ1v) is 9.12. The summed E-state index contributed by atoms with van der Waals surface area (Å²) in [6.45, 7) is 13.2. The quantitative estimate of drug-likeness (QED) is 0.544. The molecule has 1 aliphatic heterocycles. The van der Waals surface area contributed by atoms with E-state index >= 15 is 0 Å². The van der Waals surface area contributed by atoms with Gasteiger partial charge in [0, 0.05) is 5.92 Å². The highest BCUT2D eigenvalue weighted by molar-refractivity contribution is 5.35. The number of aliphatic hydroxyl groups excluding tert-OH is 1. The lowest BCUT2D eigenvalue weighted by atomic mass is 9.86. The van der Waals surface area contributed by atoms with Crippen molar-refractivity contribution in [3.63, 3.8) is 0 Å². The fraction of sp³-hybridized carbons (Fsp3) is 0.391. The van der Waals surface area contributed by atoms with E-state index in [9.17, 15) is 13.9 Å². The summed E-state index contributed by atoms with van der Waals surface area (Å²) in [4.78, 5) is 0. The molecule has 0 saturated carbocycles. The minimum absolute atomic E-state index is 0.120. The maximum Gasteiger partial charge on any atom is 0.123 e. The summed E-state index contributed by atoms with van der Waals surface area (Å²) < 4.78 is 30.9. The van der Waals surface area contributed by atoms with Crippen LogP contribution in [0.15, 0.2) is 48.6 Å². The van der Waals surface area contributed by atoms with Crippen LogP contribution in [0.4, 0.5) is 8.78 Å². The van der Waals surface area contributed by atoms with Crippen LogP contribution < -0.4 is 0 Å². The van der Waals surface area contributed by atoms with Crippen molar-refractivity contribution < 1.29 is 18.6 Å². The van der Waals surface area contributed by atoms with Gasteiger partial charge in [0.1, 0.15) is 17.7 Å². The number of epoxide rings is 1. The van der Waals surface area contributed by atoms with Gasteiger partial charge in [-0.25, -0.2) is 8.78 Å². The van der Waals surface area contributed by atoms with E-state index < -0.39 is 6.10 Å². The predicted octanol–water partition coefficient (Wildman–Crippen LogP) is 5.77. The van der Waals surface area contributed by atoms with E-state index in [-0.39, 0.29) is 23.7 Å². The van der Waals surface area contributed by atoms with Crippen LogP contribution >= 0.6 is 0 Å². The van der Waals surface area contributed by atoms with Crippen molar-refractivity contribution >= 4 is 0 Å². The molecular formula is C23H28F2O2. The third-order valence-electron chi connectivity index (χ3n) is 4.83. The zero-order chi connectivity index (χ0) is 20.3. The molecule has 2 nitrogen and oxygen atoms in total. The zero-order valence-corrected chi connectivity index (χ0v) is 16.6. The van der Waals surface area contributed by atoms with Crippen LogP contribution in [0.2, 0.25) is 0 Å². The topological polar surface area (TPSA) is 32.8 Å². The monoisotopic (exact) mass is 374 g/mol. The average Bonchev–Trinajstić information content (AvgIpc) is 3.26. The molecule has 4 heteroatoms. The van der Waals surface area contributed by atoms with Crippen molar-refractivity contribution in [1.82, 2.24) is 0 Å². The average molecular weight is 374 g/mol. The fourth-order valence-electron chi connectivity index (χ4n) is 3.40. The van der Waals surface area contributed by atoms with Crippen LogP contribution in [0, 0.1) is 25.5 Å². The van der Waals surface area contributed by atoms with Gasteiger partial charge in [-0.05, 0) is 81.1 Å². The lowest BCUT2D eigenvalue weighted by molar-refractivity contribution is 0.175. The number of halogens is 2. The predicted molar refractivity (Wildman–Crippen MR) is 105 cm³/mol. The molecule has 0 radical (unpaired) electrons. The Balaban J connectivity index is 0.000000198. The first-order valence-electron chi connectivity index (χ1n) is 9.12. The number of benzene rings is 2. The third kappa shape index (κ3) is 5.47. The summed E-state index contributed by atoms with van der Waals surface area (Å²) in [7, 11) is 0. The summed E-state index contributed by atoms with van der Waals surface area (Å²) in [6, 6.07) is 9.45. The first kappa shape index (κ1) is 21.3. The van der Waals surface area contributed by atoms with Crippen LogP contribution in [0.3, 0.4) is 0 Å². The summed E-state index contributed by atoms with van der Waals surface area (Å²) in [5.41, 5.74) is 4.77. The number of aryl methyl sites for hydroxylation is 2. The second-order valence-corrected chi connectivity index (χ2v) is 7.33. The standard InChI is InChI=1S/C13H17FO.C10H11FO/c1-8(2)13(10(4)15)12-6-5-11(14)7-9(12)3;1-6-5-8(11)3-4-9(6)10-7(2)12-10/h5-7,10,13,15H,1H2,2-4H3;3-5,7,10H,1-2H3/t10-,13-;7-,10+/m11/s1. The van der Waals surface area contributed by atoms with Crippen LogP contribution in [0.25, 0.3) is 0 Å². The van der Waals surface area contributed by atoms with Gasteiger partial charge in [0.25, 0.3) is 0 Å². The molecule has 0 spiro atoms. The van der Waals surface area contributed by atoms with E-state index in [1.807, 2.05) is 27.7 Å². The van der Waals surface area contributed by atoms with E-state index in [2.05, 4.69) is 6.58 Å². The van der Waals surface area contributed by atoms with Gasteiger partial charge in [0.05, 0.1) is 12.2 Å². The van der Waals surface area contributed by atoms with Gasteiger partial charge in [0.2, 0.25) is 0 Å². The first-order chi connectivity index (χ1) is 12.6. The molecule has 1 heterocycles. The normalized spacial score (nSPS) is 20.3. The van der Waals surface area contributed by atoms with Crippen LogP contribution in [-0.2, 0) is 4.74 Å². The van der Waals surface area contributed by atoms with Crippen LogP contribution in [-0.4, -0.2) is 17.3 Å². The molecule has 0 bridgehead atoms. The molecule has 2 aromatic rings. The summed E-state index contributed by atoms with van der Waals surface area (Å²) >= 11 is 0. The number of rotatable bonds is 4. The molecule has 1 aliphatic rings. The molecule has 0 aromatic heterocycles. The maximum absolute atomic E-state index is 12.9. The van der Waals surface area contributed by atoms with Gasteiger partial charge in [-0.1, -0.05) is 24.3 Å². The van der Waals surface area contributed by atoms with Crippen molar-refractivity contribution in [2.75, 3.05) is 0 Å². The maximum atomic E-state index is 12.9. The minimum atomic E-state index is -0.508. The van der Waals surface area contributed by atoms with Crippen molar-refractivity contribution in [3.05, 3.63) is 82.4 Å². The molecule has 0 aliphatic carbocycles. The SMILES string of the molecule is C=C(C)[C@@H](c1ccc(F)cc1C)[C@@H](C)O.Cc1cc(F)ccc1[C@H]1O[C@@H]1C. The van der Waals surface area contributed by atoms with Crippen molar-refractivity contribution in [3.8, 4) is 0 Å². The molecule has 1 fully saturated rings. The number of aliphatic hydroxyl groups is 1. The Morgan fingerprint density at radius 1 is 1.07 bits per heavy atom. The number of hydrogen-bond acceptors (Lipinski definition) is 2. The summed E-state index contributed by atoms with van der Waals surface area (Å²) in [6.07, 6.45) is -0.00794. The van der Waals surface area contributed by atoms with Crippen molar-refractivity contribution in [2.45, 2.75) is 58.8 Å². The molecule has 3 rings (SSSR count). The molecular weight excluding hydrogens is 346 g/mol. The lowest BCUT2D eigenvalue weighted by Gasteiger charge is -2.22. The highest BCUT2D eigenvalue weighted by Gasteiger charge is 2.36. The van der Waals surface area contributed by atoms with Gasteiger partial charge in [0.15, 0.2) is 0 Å². The van der Waals surface area contributed by atoms with Crippen molar-refractivity contribution in [1.29, 1.82) is 0 Å². The number of ether oxygens (including phenoxy) is 1. The fourth-order valence-corrected chi connectivity index (χ4v) is 3.40. The number of hydrogen-bond donors (Lipinski definition) is 1. The lowest BCUT2D eigenvalue weighted by Crippen LogP contribution is -2.16. The molecule has 0 unspecified atom stereocenters. The van der Waals surface area contributed by atoms with E-state index in [0.29, 0.717) is 6.10 Å². The smallest absolute Gasteiger partial charge is 0.123 e. The van der Waals surface area contributed by atoms with Crippen LogP contribution in [0.1, 0.15) is 55.0 Å². The third-order valence-corrected chi connectivity index (χ3v) is 4.83. The molecule has 146 valence electrons. The Bertz CT molecular complexity index is 814. The highest BCUT2D eigenvalue weighted by Crippen LogP contribution is 2.39. The van der Waals surface area contributed by atoms with Gasteiger partial charge < -0.3 is 9.84 Å². The van der Waals surface area contributed by atoms with E-state index in [1.54, 1.807) is 25.1 Å². The Kier molecular flexibility index (Phi) is 6.90. The van der Waals surface area contributed by atoms with Crippen molar-refractivity contribution in [2.24, 2.45) is 0 Å². The molecule has 27 heavy (non-hydrogen) atoms. The Hall–Kier alpha value is -2.04. The minimum Gasteiger partial charge on any atom is -0.392 e. The Labute approximate surface area is 160 Å². The highest BCUT2D eigenvalue weighted by atomic mass is 19.1. The molecule has 0 amide bonds. The van der Waals surface area contributed by atoms with E-state index in [1.165, 1.54) is 18.2 Å². The van der Waals surface area contributed by atoms with E-state index in [0.717, 1.165) is 27.8 Å². The zero-order valence-electron chi connectivity index (χ0n) is 16.6. The van der Waals surface area contributed by atoms with Gasteiger partial charge >= 0.3 is 0 Å². The Morgan fingerprint density at radius 2 is 1.59 bits per heavy atom. The molecule has 4 atom stereocenters. The molecule has 1 N–H and O–H groups in total. The summed E-state index contributed by atoms with van der Waals surface area (Å²) in [5, 5.41) is 9.68.